The molecule has 0 bridgehead atoms. The molecule has 0 saturated heterocycles. The van der Waals surface area contributed by atoms with E-state index in [9.17, 15) is 14.4 Å². The van der Waals surface area contributed by atoms with Crippen molar-refractivity contribution >= 4 is 16.9 Å². The first kappa shape index (κ1) is 16.5. The van der Waals surface area contributed by atoms with Crippen LogP contribution in [0.25, 0.3) is 0 Å². The molecule has 1 N–H and O–H groups in total. The maximum atomic E-state index is 11.4. The van der Waals surface area contributed by atoms with Gasteiger partial charge in [0.2, 0.25) is 5.12 Å². The molecule has 0 unspecified atom stereocenters. The second-order valence-corrected chi connectivity index (χ2v) is 5.67. The number of nitrogens with one attached hydrogen (secondary N) is 1. The maximum absolute atomic E-state index is 11.4. The Balaban J connectivity index is 2.17. The van der Waals surface area contributed by atoms with Crippen LogP contribution in [0.2, 0.25) is 0 Å². The zero-order chi connectivity index (χ0) is 15.0. The number of H-pyrrole nitrogens is 1. The second-order valence-electron chi connectivity index (χ2n) is 4.60. The predicted molar refractivity (Wildman–Crippen MR) is 82.1 cm³/mol. The van der Waals surface area contributed by atoms with Crippen LogP contribution < -0.4 is 11.2 Å². The molecule has 0 fully saturated rings. The van der Waals surface area contributed by atoms with E-state index < -0.39 is 0 Å². The Hall–Kier alpha value is -1.56. The molecule has 5 nitrogen and oxygen atoms in total. The standard InChI is InChI=1S/C14H20N2O3S/c1-11(2)13(18)20-10-6-4-3-5-9-16-12(17)7-8-15-14(16)19/h7-8H,1,3-6,9-10H2,2H3,(H,15,19). The minimum atomic E-state index is -0.361. The van der Waals surface area contributed by atoms with Gasteiger partial charge in [0.15, 0.2) is 0 Å². The van der Waals surface area contributed by atoms with Gasteiger partial charge in [0.25, 0.3) is 5.56 Å². The molecular formula is C14H20N2O3S. The van der Waals surface area contributed by atoms with Gasteiger partial charge in [-0.25, -0.2) is 4.79 Å². The van der Waals surface area contributed by atoms with Crippen molar-refractivity contribution in [2.24, 2.45) is 0 Å². The fraction of sp³-hybridized carbons (Fsp3) is 0.500. The van der Waals surface area contributed by atoms with Gasteiger partial charge in [0.05, 0.1) is 0 Å². The molecule has 0 aliphatic heterocycles. The number of thioether (sulfide) groups is 1. The molecule has 1 heterocycles. The number of hydrogen-bond donors (Lipinski definition) is 1. The molecule has 0 spiro atoms. The van der Waals surface area contributed by atoms with Crippen molar-refractivity contribution in [1.82, 2.24) is 9.55 Å². The van der Waals surface area contributed by atoms with E-state index in [1.165, 1.54) is 28.6 Å². The summed E-state index contributed by atoms with van der Waals surface area (Å²) < 4.78 is 1.21. The summed E-state index contributed by atoms with van der Waals surface area (Å²) in [5.41, 5.74) is -0.0471. The van der Waals surface area contributed by atoms with Gasteiger partial charge in [-0.1, -0.05) is 31.2 Å². The summed E-state index contributed by atoms with van der Waals surface area (Å²) in [6.07, 6.45) is 5.01. The average Bonchev–Trinajstić information content (AvgIpc) is 2.40. The summed E-state index contributed by atoms with van der Waals surface area (Å²) in [6, 6.07) is 1.35. The first-order valence-electron chi connectivity index (χ1n) is 6.63. The molecule has 0 aliphatic rings. The van der Waals surface area contributed by atoms with Gasteiger partial charge in [0.1, 0.15) is 0 Å². The van der Waals surface area contributed by atoms with Gasteiger partial charge >= 0.3 is 5.69 Å². The molecule has 110 valence electrons. The summed E-state index contributed by atoms with van der Waals surface area (Å²) in [7, 11) is 0. The lowest BCUT2D eigenvalue weighted by Crippen LogP contribution is -2.33. The third-order valence-electron chi connectivity index (χ3n) is 2.80. The molecular weight excluding hydrogens is 276 g/mol. The Morgan fingerprint density at radius 1 is 1.30 bits per heavy atom. The monoisotopic (exact) mass is 296 g/mol. The Morgan fingerprint density at radius 3 is 2.65 bits per heavy atom. The summed E-state index contributed by atoms with van der Waals surface area (Å²) in [5.74, 6) is 0.789. The van der Waals surface area contributed by atoms with Gasteiger partial charge in [0, 0.05) is 24.6 Å². The van der Waals surface area contributed by atoms with Crippen LogP contribution in [0.15, 0.2) is 34.0 Å². The molecule has 0 aromatic carbocycles. The van der Waals surface area contributed by atoms with Crippen molar-refractivity contribution in [3.63, 3.8) is 0 Å². The van der Waals surface area contributed by atoms with E-state index in [0.29, 0.717) is 12.1 Å². The average molecular weight is 296 g/mol. The van der Waals surface area contributed by atoms with Crippen molar-refractivity contribution in [3.05, 3.63) is 45.3 Å². The third-order valence-corrected chi connectivity index (χ3v) is 3.91. The highest BCUT2D eigenvalue weighted by Gasteiger charge is 2.03. The molecule has 1 rings (SSSR count). The van der Waals surface area contributed by atoms with Gasteiger partial charge in [-0.05, 0) is 25.3 Å². The molecule has 0 amide bonds. The van der Waals surface area contributed by atoms with Crippen LogP contribution in [-0.4, -0.2) is 20.4 Å². The minimum absolute atomic E-state index is 0.0485. The number of aromatic amines is 1. The Kier molecular flexibility index (Phi) is 7.08. The highest BCUT2D eigenvalue weighted by molar-refractivity contribution is 8.14. The molecule has 20 heavy (non-hydrogen) atoms. The van der Waals surface area contributed by atoms with Crippen LogP contribution in [0.4, 0.5) is 0 Å². The van der Waals surface area contributed by atoms with Crippen molar-refractivity contribution in [2.45, 2.75) is 39.2 Å². The Bertz CT molecular complexity index is 546. The van der Waals surface area contributed by atoms with Crippen molar-refractivity contribution in [3.8, 4) is 0 Å². The topological polar surface area (TPSA) is 71.9 Å². The maximum Gasteiger partial charge on any atom is 0.328 e. The molecule has 6 heteroatoms. The zero-order valence-electron chi connectivity index (χ0n) is 11.7. The largest absolute Gasteiger partial charge is 0.328 e. The minimum Gasteiger partial charge on any atom is -0.314 e. The summed E-state index contributed by atoms with van der Waals surface area (Å²) in [5, 5.41) is 0.0485. The highest BCUT2D eigenvalue weighted by atomic mass is 32.2. The number of hydrogen-bond acceptors (Lipinski definition) is 4. The van der Waals surface area contributed by atoms with Gasteiger partial charge in [-0.2, -0.15) is 0 Å². The van der Waals surface area contributed by atoms with E-state index in [0.717, 1.165) is 31.4 Å². The van der Waals surface area contributed by atoms with Crippen LogP contribution in [0, 0.1) is 0 Å². The molecule has 1 aromatic rings. The van der Waals surface area contributed by atoms with Gasteiger partial charge < -0.3 is 4.98 Å². The molecule has 0 saturated carbocycles. The summed E-state index contributed by atoms with van der Waals surface area (Å²) >= 11 is 1.30. The Labute approximate surface area is 122 Å². The fourth-order valence-corrected chi connectivity index (χ4v) is 2.46. The number of unbranched alkanes of at least 4 members (excludes halogenated alkanes) is 3. The number of rotatable bonds is 8. The Morgan fingerprint density at radius 2 is 2.00 bits per heavy atom. The van der Waals surface area contributed by atoms with Crippen LogP contribution in [0.3, 0.4) is 0 Å². The van der Waals surface area contributed by atoms with Crippen molar-refractivity contribution < 1.29 is 4.79 Å². The van der Waals surface area contributed by atoms with E-state index in [4.69, 9.17) is 0 Å². The van der Waals surface area contributed by atoms with Crippen LogP contribution in [0.1, 0.15) is 32.6 Å². The lowest BCUT2D eigenvalue weighted by molar-refractivity contribution is -0.107. The summed E-state index contributed by atoms with van der Waals surface area (Å²) in [6.45, 7) is 5.75. The van der Waals surface area contributed by atoms with E-state index in [-0.39, 0.29) is 16.4 Å². The highest BCUT2D eigenvalue weighted by Crippen LogP contribution is 2.12. The number of carbonyl (C=O) groups excluding carboxylic acids is 1. The summed E-state index contributed by atoms with van der Waals surface area (Å²) in [4.78, 5) is 36.6. The number of carbonyl (C=O) groups is 1. The van der Waals surface area contributed by atoms with E-state index in [1.54, 1.807) is 6.92 Å². The quantitative estimate of drug-likeness (QED) is 0.588. The lowest BCUT2D eigenvalue weighted by atomic mass is 10.2. The van der Waals surface area contributed by atoms with Gasteiger partial charge in [-0.15, -0.1) is 0 Å². The van der Waals surface area contributed by atoms with E-state index >= 15 is 0 Å². The SMILES string of the molecule is C=C(C)C(=O)SCCCCCCn1c(=O)cc[nH]c1=O. The van der Waals surface area contributed by atoms with Crippen molar-refractivity contribution in [2.75, 3.05) is 5.75 Å². The second kappa shape index (κ2) is 8.58. The van der Waals surface area contributed by atoms with Crippen molar-refractivity contribution in [1.29, 1.82) is 0 Å². The first-order chi connectivity index (χ1) is 9.52. The lowest BCUT2D eigenvalue weighted by Gasteiger charge is -2.04. The fourth-order valence-electron chi connectivity index (χ4n) is 1.68. The number of nitrogens with zero attached hydrogens (tertiary/aromatic N) is 1. The zero-order valence-corrected chi connectivity index (χ0v) is 12.5. The van der Waals surface area contributed by atoms with Gasteiger partial charge in [-0.3, -0.25) is 14.2 Å². The predicted octanol–water partition coefficient (Wildman–Crippen LogP) is 1.93. The molecule has 0 atom stereocenters. The smallest absolute Gasteiger partial charge is 0.314 e. The van der Waals surface area contributed by atoms with Crippen LogP contribution in [-0.2, 0) is 11.3 Å². The van der Waals surface area contributed by atoms with E-state index in [2.05, 4.69) is 11.6 Å². The number of aromatic nitrogens is 2. The molecule has 0 aliphatic carbocycles. The van der Waals surface area contributed by atoms with E-state index in [1.807, 2.05) is 0 Å². The van der Waals surface area contributed by atoms with Crippen LogP contribution in [0.5, 0.6) is 0 Å². The molecule has 1 aromatic heterocycles. The normalized spacial score (nSPS) is 10.4. The van der Waals surface area contributed by atoms with Crippen LogP contribution >= 0.6 is 11.8 Å². The first-order valence-corrected chi connectivity index (χ1v) is 7.62. The third kappa shape index (κ3) is 5.61. The molecule has 0 radical (unpaired) electrons.